The monoisotopic (exact) mass is 379 g/mol. The normalized spacial score (nSPS) is 10.4. The lowest BCUT2D eigenvalue weighted by Gasteiger charge is -2.10. The van der Waals surface area contributed by atoms with Gasteiger partial charge in [-0.1, -0.05) is 54.2 Å². The lowest BCUT2D eigenvalue weighted by Crippen LogP contribution is -2.17. The van der Waals surface area contributed by atoms with Crippen LogP contribution in [0.15, 0.2) is 70.6 Å². The van der Waals surface area contributed by atoms with E-state index in [1.54, 1.807) is 55.5 Å². The average Bonchev–Trinajstić information content (AvgIpc) is 2.66. The Morgan fingerprint density at radius 2 is 1.78 bits per heavy atom. The molecule has 6 nitrogen and oxygen atoms in total. The van der Waals surface area contributed by atoms with Crippen LogP contribution in [0.1, 0.15) is 21.6 Å². The minimum absolute atomic E-state index is 0.0558. The molecular formula is C20H17N3O3S. The van der Waals surface area contributed by atoms with Gasteiger partial charge in [-0.2, -0.15) is 0 Å². The zero-order valence-corrected chi connectivity index (χ0v) is 15.4. The first kappa shape index (κ1) is 18.6. The summed E-state index contributed by atoms with van der Waals surface area (Å²) < 4.78 is 0. The van der Waals surface area contributed by atoms with Crippen LogP contribution in [0.25, 0.3) is 0 Å². The third kappa shape index (κ3) is 4.92. The summed E-state index contributed by atoms with van der Waals surface area (Å²) in [6.45, 7) is 1.71. The van der Waals surface area contributed by atoms with Gasteiger partial charge in [-0.15, -0.1) is 0 Å². The maximum atomic E-state index is 12.7. The van der Waals surface area contributed by atoms with Crippen LogP contribution < -0.4 is 10.9 Å². The van der Waals surface area contributed by atoms with E-state index in [2.05, 4.69) is 15.3 Å². The van der Waals surface area contributed by atoms with Crippen molar-refractivity contribution in [2.24, 2.45) is 0 Å². The minimum atomic E-state index is -0.294. The van der Waals surface area contributed by atoms with E-state index in [0.717, 1.165) is 11.8 Å². The topological polar surface area (TPSA) is 91.9 Å². The Morgan fingerprint density at radius 1 is 1.07 bits per heavy atom. The molecule has 0 aliphatic carbocycles. The number of H-pyrrole nitrogens is 1. The second-order valence-electron chi connectivity index (χ2n) is 5.77. The van der Waals surface area contributed by atoms with Crippen LogP contribution in [-0.2, 0) is 4.79 Å². The summed E-state index contributed by atoms with van der Waals surface area (Å²) in [5.41, 5.74) is 1.74. The molecule has 0 saturated carbocycles. The van der Waals surface area contributed by atoms with Crippen LogP contribution in [0.5, 0.6) is 0 Å². The molecular weight excluding hydrogens is 362 g/mol. The van der Waals surface area contributed by atoms with Gasteiger partial charge in [-0.25, -0.2) is 4.98 Å². The van der Waals surface area contributed by atoms with E-state index in [9.17, 15) is 14.4 Å². The zero-order valence-electron chi connectivity index (χ0n) is 14.6. The number of para-hydroxylation sites is 1. The Morgan fingerprint density at radius 3 is 2.52 bits per heavy atom. The smallest absolute Gasteiger partial charge is 0.251 e. The lowest BCUT2D eigenvalue weighted by atomic mass is 10.0. The summed E-state index contributed by atoms with van der Waals surface area (Å²) in [6, 6.07) is 17.1. The zero-order chi connectivity index (χ0) is 19.2. The number of carbonyl (C=O) groups excluding carboxylic acids is 2. The molecule has 1 heterocycles. The Bertz CT molecular complexity index is 1030. The number of aryl methyl sites for hydroxylation is 1. The summed E-state index contributed by atoms with van der Waals surface area (Å²) in [6.07, 6.45) is 0. The third-order valence-electron chi connectivity index (χ3n) is 3.67. The fraction of sp³-hybridized carbons (Fsp3) is 0.100. The predicted octanol–water partition coefficient (Wildman–Crippen LogP) is 3.04. The number of anilines is 1. The van der Waals surface area contributed by atoms with Gasteiger partial charge in [0.25, 0.3) is 5.56 Å². The van der Waals surface area contributed by atoms with Crippen molar-refractivity contribution < 1.29 is 9.59 Å². The number of benzene rings is 2. The number of nitrogens with zero attached hydrogens (tertiary/aromatic N) is 1. The van der Waals surface area contributed by atoms with Gasteiger partial charge in [0.1, 0.15) is 0 Å². The van der Waals surface area contributed by atoms with Crippen LogP contribution in [0, 0.1) is 6.92 Å². The van der Waals surface area contributed by atoms with Gasteiger partial charge in [0.05, 0.1) is 11.4 Å². The molecule has 136 valence electrons. The number of carbonyl (C=O) groups is 2. The molecule has 3 rings (SSSR count). The number of ketones is 1. The largest absolute Gasteiger partial charge is 0.325 e. The van der Waals surface area contributed by atoms with Crippen molar-refractivity contribution in [1.82, 2.24) is 9.97 Å². The molecule has 0 spiro atoms. The van der Waals surface area contributed by atoms with E-state index in [0.29, 0.717) is 27.7 Å². The SMILES string of the molecule is Cc1cc(=O)[nH]c(SCC(=O)Nc2ccccc2C(=O)c2ccccc2)n1. The molecule has 0 aliphatic heterocycles. The van der Waals surface area contributed by atoms with E-state index < -0.39 is 0 Å². The first-order valence-corrected chi connectivity index (χ1v) is 9.21. The Kier molecular flexibility index (Phi) is 5.83. The third-order valence-corrected chi connectivity index (χ3v) is 4.54. The van der Waals surface area contributed by atoms with Crippen molar-refractivity contribution in [3.8, 4) is 0 Å². The van der Waals surface area contributed by atoms with E-state index in [-0.39, 0.29) is 23.0 Å². The fourth-order valence-electron chi connectivity index (χ4n) is 2.48. The fourth-order valence-corrected chi connectivity index (χ4v) is 3.20. The molecule has 2 N–H and O–H groups in total. The first-order chi connectivity index (χ1) is 13.0. The van der Waals surface area contributed by atoms with Crippen LogP contribution in [-0.4, -0.2) is 27.4 Å². The molecule has 7 heteroatoms. The first-order valence-electron chi connectivity index (χ1n) is 8.22. The number of aromatic nitrogens is 2. The summed E-state index contributed by atoms with van der Waals surface area (Å²) in [5.74, 6) is -0.401. The quantitative estimate of drug-likeness (QED) is 0.390. The summed E-state index contributed by atoms with van der Waals surface area (Å²) in [5, 5.41) is 3.14. The van der Waals surface area contributed by atoms with Crippen molar-refractivity contribution in [3.05, 3.63) is 87.8 Å². The molecule has 0 radical (unpaired) electrons. The highest BCUT2D eigenvalue weighted by Gasteiger charge is 2.15. The van der Waals surface area contributed by atoms with Gasteiger partial charge in [0.15, 0.2) is 10.9 Å². The van der Waals surface area contributed by atoms with Crippen LogP contribution in [0.4, 0.5) is 5.69 Å². The number of amides is 1. The molecule has 0 unspecified atom stereocenters. The minimum Gasteiger partial charge on any atom is -0.325 e. The molecule has 1 aromatic heterocycles. The Balaban J connectivity index is 1.71. The second-order valence-corrected chi connectivity index (χ2v) is 6.73. The van der Waals surface area contributed by atoms with Crippen LogP contribution >= 0.6 is 11.8 Å². The van der Waals surface area contributed by atoms with Gasteiger partial charge in [-0.3, -0.25) is 14.4 Å². The summed E-state index contributed by atoms with van der Waals surface area (Å²) in [7, 11) is 0. The highest BCUT2D eigenvalue weighted by atomic mass is 32.2. The Hall–Kier alpha value is -3.19. The van der Waals surface area contributed by atoms with Crippen LogP contribution in [0.2, 0.25) is 0 Å². The molecule has 1 amide bonds. The van der Waals surface area contributed by atoms with E-state index in [4.69, 9.17) is 0 Å². The summed E-state index contributed by atoms with van der Waals surface area (Å²) in [4.78, 5) is 43.2. The number of hydrogen-bond donors (Lipinski definition) is 2. The van der Waals surface area contributed by atoms with Gasteiger partial charge in [0.2, 0.25) is 5.91 Å². The molecule has 0 fully saturated rings. The number of thioether (sulfide) groups is 1. The van der Waals surface area contributed by atoms with Crippen molar-refractivity contribution in [3.63, 3.8) is 0 Å². The van der Waals surface area contributed by atoms with Crippen molar-refractivity contribution in [1.29, 1.82) is 0 Å². The number of aromatic amines is 1. The van der Waals surface area contributed by atoms with E-state index in [1.807, 2.05) is 6.07 Å². The molecule has 0 saturated heterocycles. The highest BCUT2D eigenvalue weighted by molar-refractivity contribution is 7.99. The highest BCUT2D eigenvalue weighted by Crippen LogP contribution is 2.20. The van der Waals surface area contributed by atoms with E-state index in [1.165, 1.54) is 6.07 Å². The molecule has 0 bridgehead atoms. The second kappa shape index (κ2) is 8.46. The summed E-state index contributed by atoms with van der Waals surface area (Å²) >= 11 is 1.12. The number of hydrogen-bond acceptors (Lipinski definition) is 5. The van der Waals surface area contributed by atoms with Gasteiger partial charge >= 0.3 is 0 Å². The maximum absolute atomic E-state index is 12.7. The van der Waals surface area contributed by atoms with Crippen molar-refractivity contribution in [2.45, 2.75) is 12.1 Å². The maximum Gasteiger partial charge on any atom is 0.251 e. The molecule has 27 heavy (non-hydrogen) atoms. The van der Waals surface area contributed by atoms with Crippen molar-refractivity contribution in [2.75, 3.05) is 11.1 Å². The standard InChI is InChI=1S/C20H17N3O3S/c1-13-11-17(24)23-20(21-13)27-12-18(25)22-16-10-6-5-9-15(16)19(26)14-7-3-2-4-8-14/h2-11H,12H2,1H3,(H,22,25)(H,21,23,24). The number of nitrogens with one attached hydrogen (secondary N) is 2. The van der Waals surface area contributed by atoms with Crippen molar-refractivity contribution >= 4 is 29.1 Å². The Labute approximate surface area is 160 Å². The molecule has 2 aromatic carbocycles. The molecule has 0 aliphatic rings. The molecule has 0 atom stereocenters. The molecule has 3 aromatic rings. The predicted molar refractivity (Wildman–Crippen MR) is 105 cm³/mol. The van der Waals surface area contributed by atoms with Gasteiger partial charge in [0, 0.05) is 22.9 Å². The van der Waals surface area contributed by atoms with Crippen LogP contribution in [0.3, 0.4) is 0 Å². The lowest BCUT2D eigenvalue weighted by molar-refractivity contribution is -0.113. The average molecular weight is 379 g/mol. The van der Waals surface area contributed by atoms with Gasteiger partial charge in [-0.05, 0) is 19.1 Å². The number of rotatable bonds is 6. The van der Waals surface area contributed by atoms with Gasteiger partial charge < -0.3 is 10.3 Å². The van der Waals surface area contributed by atoms with E-state index >= 15 is 0 Å².